The lowest BCUT2D eigenvalue weighted by Gasteiger charge is -2.39. The number of methoxy groups -OCH3 is 1. The van der Waals surface area contributed by atoms with Crippen LogP contribution in [0.15, 0.2) is 76.6 Å². The van der Waals surface area contributed by atoms with Crippen molar-refractivity contribution in [3.63, 3.8) is 0 Å². The Labute approximate surface area is 331 Å². The number of amides is 4. The molecule has 3 atom stereocenters. The van der Waals surface area contributed by atoms with Crippen molar-refractivity contribution < 1.29 is 32.3 Å². The number of rotatable bonds is 12. The van der Waals surface area contributed by atoms with E-state index in [1.807, 2.05) is 36.1 Å². The predicted octanol–water partition coefficient (Wildman–Crippen LogP) is 3.95. The van der Waals surface area contributed by atoms with Crippen LogP contribution in [-0.2, 0) is 24.3 Å². The van der Waals surface area contributed by atoms with Crippen molar-refractivity contribution >= 4 is 56.9 Å². The molecule has 2 fully saturated rings. The highest BCUT2D eigenvalue weighted by molar-refractivity contribution is 7.89. The van der Waals surface area contributed by atoms with E-state index in [-0.39, 0.29) is 74.0 Å². The van der Waals surface area contributed by atoms with Gasteiger partial charge in [0, 0.05) is 63.0 Å². The summed E-state index contributed by atoms with van der Waals surface area (Å²) in [5.41, 5.74) is 1.83. The second-order valence-corrected chi connectivity index (χ2v) is 16.2. The topological polar surface area (TPSA) is 153 Å². The van der Waals surface area contributed by atoms with Gasteiger partial charge in [-0.3, -0.25) is 24.4 Å². The second kappa shape index (κ2) is 17.7. The first-order valence-electron chi connectivity index (χ1n) is 18.1. The monoisotopic (exact) mass is 813 g/mol. The van der Waals surface area contributed by atoms with Crippen LogP contribution in [0, 0.1) is 0 Å². The Balaban J connectivity index is 1.39. The van der Waals surface area contributed by atoms with Crippen LogP contribution in [0.2, 0.25) is 10.0 Å². The van der Waals surface area contributed by atoms with E-state index in [1.54, 1.807) is 52.0 Å². The highest BCUT2D eigenvalue weighted by Crippen LogP contribution is 2.45. The Bertz CT molecular complexity index is 2010. The van der Waals surface area contributed by atoms with E-state index in [9.17, 15) is 18.0 Å². The number of piperazine rings is 2. The van der Waals surface area contributed by atoms with Gasteiger partial charge in [-0.15, -0.1) is 0 Å². The highest BCUT2D eigenvalue weighted by Gasteiger charge is 2.45. The summed E-state index contributed by atoms with van der Waals surface area (Å²) in [6.07, 6.45) is -0.369. The van der Waals surface area contributed by atoms with Crippen molar-refractivity contribution in [3.05, 3.63) is 93.5 Å². The van der Waals surface area contributed by atoms with Crippen LogP contribution in [0.1, 0.15) is 42.6 Å². The maximum Gasteiger partial charge on any atom is 0.326 e. The zero-order valence-electron chi connectivity index (χ0n) is 30.9. The van der Waals surface area contributed by atoms with Crippen molar-refractivity contribution in [2.45, 2.75) is 36.9 Å². The molecule has 3 aliphatic heterocycles. The molecule has 55 heavy (non-hydrogen) atoms. The van der Waals surface area contributed by atoms with E-state index in [2.05, 4.69) is 10.0 Å². The van der Waals surface area contributed by atoms with E-state index in [4.69, 9.17) is 37.7 Å². The Morgan fingerprint density at radius 2 is 1.58 bits per heavy atom. The Kier molecular flexibility index (Phi) is 13.0. The minimum Gasteiger partial charge on any atom is -0.493 e. The van der Waals surface area contributed by atoms with Gasteiger partial charge in [0.1, 0.15) is 17.6 Å². The molecule has 0 bridgehead atoms. The number of nitrogens with one attached hydrogen (secondary N) is 2. The third kappa shape index (κ3) is 9.42. The molecule has 3 aromatic carbocycles. The maximum absolute atomic E-state index is 15.0. The molecular weight excluding hydrogens is 769 g/mol. The average Bonchev–Trinajstić information content (AvgIpc) is 3.58. The fraction of sp³-hybridized carbons (Fsp3) is 0.421. The average molecular weight is 815 g/mol. The van der Waals surface area contributed by atoms with Gasteiger partial charge in [0.05, 0.1) is 42.3 Å². The first-order chi connectivity index (χ1) is 26.4. The van der Waals surface area contributed by atoms with Crippen molar-refractivity contribution in [1.29, 1.82) is 0 Å². The van der Waals surface area contributed by atoms with Gasteiger partial charge in [-0.2, -0.15) is 0 Å². The van der Waals surface area contributed by atoms with Gasteiger partial charge in [-0.25, -0.2) is 17.9 Å². The van der Waals surface area contributed by atoms with Gasteiger partial charge >= 0.3 is 6.03 Å². The number of nitrogens with zero attached hydrogens (tertiary/aromatic N) is 5. The summed E-state index contributed by atoms with van der Waals surface area (Å²) in [4.78, 5) is 52.1. The molecule has 17 heteroatoms. The summed E-state index contributed by atoms with van der Waals surface area (Å²) in [5.74, 6) is 0.339. The lowest BCUT2D eigenvalue weighted by Crippen LogP contribution is -2.57. The molecule has 0 radical (unpaired) electrons. The number of carbonyl (C=O) groups excluding carboxylic acids is 3. The Hall–Kier alpha value is -4.25. The van der Waals surface area contributed by atoms with Crippen molar-refractivity contribution in [3.8, 4) is 5.75 Å². The number of urea groups is 1. The van der Waals surface area contributed by atoms with Crippen LogP contribution >= 0.6 is 23.2 Å². The largest absolute Gasteiger partial charge is 0.493 e. The molecule has 0 aliphatic carbocycles. The first-order valence-corrected chi connectivity index (χ1v) is 20.4. The predicted molar refractivity (Wildman–Crippen MR) is 209 cm³/mol. The number of sulfonamides is 1. The molecule has 6 rings (SSSR count). The fourth-order valence-corrected chi connectivity index (χ4v) is 8.19. The van der Waals surface area contributed by atoms with Gasteiger partial charge in [0.2, 0.25) is 21.8 Å². The maximum atomic E-state index is 15.0. The molecule has 3 aromatic rings. The van der Waals surface area contributed by atoms with Gasteiger partial charge in [0.15, 0.2) is 0 Å². The minimum absolute atomic E-state index is 0.0411. The lowest BCUT2D eigenvalue weighted by molar-refractivity contribution is -0.135. The SMILES string of the molecule is CCOc1ccc(S(=O)(=O)NCC(C)OC)cc1C1=NC(c2ccc(Cl)cc2)C(c2ccc(Cl)cc2)N1C(=O)N1CCN(C(=O)CN2CCNC(=O)C2)CC1. The standard InChI is InChI=1S/C38H45Cl2N7O7S/c1-4-54-32-14-13-30(55(51,52)42-22-25(2)53-3)21-31(32)37-43-35(26-5-9-28(39)10-6-26)36(27-7-11-29(40)12-8-27)47(37)38(50)46-19-17-45(18-20-46)34(49)24-44-16-15-41-33(48)23-44/h5-14,21,25,35-36,42H,4,15-20,22-24H2,1-3H3,(H,41,48). The van der Waals surface area contributed by atoms with Gasteiger partial charge in [-0.05, 0) is 67.4 Å². The van der Waals surface area contributed by atoms with Crippen molar-refractivity contribution in [1.82, 2.24) is 29.6 Å². The number of benzene rings is 3. The van der Waals surface area contributed by atoms with E-state index in [0.717, 1.165) is 11.1 Å². The third-order valence-electron chi connectivity index (χ3n) is 9.84. The molecule has 14 nitrogen and oxygen atoms in total. The molecule has 2 N–H and O–H groups in total. The number of aliphatic imine (C=N–C) groups is 1. The second-order valence-electron chi connectivity index (χ2n) is 13.5. The molecule has 3 aliphatic rings. The summed E-state index contributed by atoms with van der Waals surface area (Å²) in [7, 11) is -2.52. The molecule has 0 aromatic heterocycles. The number of hydrogen-bond acceptors (Lipinski definition) is 9. The summed E-state index contributed by atoms with van der Waals surface area (Å²) < 4.78 is 41.1. The number of halogens is 2. The van der Waals surface area contributed by atoms with E-state index >= 15 is 4.79 Å². The molecule has 4 amide bonds. The normalized spacial score (nSPS) is 19.9. The number of amidine groups is 1. The Morgan fingerprint density at radius 3 is 2.20 bits per heavy atom. The van der Waals surface area contributed by atoms with Crippen LogP contribution in [0.4, 0.5) is 4.79 Å². The van der Waals surface area contributed by atoms with Crippen LogP contribution in [0.25, 0.3) is 0 Å². The number of hydrogen-bond donors (Lipinski definition) is 2. The zero-order chi connectivity index (χ0) is 39.3. The molecule has 2 saturated heterocycles. The highest BCUT2D eigenvalue weighted by atomic mass is 35.5. The number of carbonyl (C=O) groups is 3. The summed E-state index contributed by atoms with van der Waals surface area (Å²) in [6, 6.07) is 17.2. The van der Waals surface area contributed by atoms with Crippen molar-refractivity contribution in [2.75, 3.05) is 72.6 Å². The van der Waals surface area contributed by atoms with Crippen LogP contribution in [-0.4, -0.2) is 130 Å². The van der Waals surface area contributed by atoms with E-state index in [0.29, 0.717) is 47.5 Å². The molecule has 3 heterocycles. The number of ether oxygens (including phenoxy) is 2. The van der Waals surface area contributed by atoms with Crippen LogP contribution in [0.5, 0.6) is 5.75 Å². The minimum atomic E-state index is -4.02. The lowest BCUT2D eigenvalue weighted by atomic mass is 9.93. The van der Waals surface area contributed by atoms with Gasteiger partial charge in [0.25, 0.3) is 0 Å². The zero-order valence-corrected chi connectivity index (χ0v) is 33.2. The summed E-state index contributed by atoms with van der Waals surface area (Å²) in [5, 5.41) is 3.82. The van der Waals surface area contributed by atoms with Gasteiger partial charge in [-0.1, -0.05) is 47.5 Å². The van der Waals surface area contributed by atoms with E-state index < -0.39 is 22.1 Å². The Morgan fingerprint density at radius 1 is 0.945 bits per heavy atom. The van der Waals surface area contributed by atoms with E-state index in [1.165, 1.54) is 19.2 Å². The van der Waals surface area contributed by atoms with Crippen LogP contribution in [0.3, 0.4) is 0 Å². The van der Waals surface area contributed by atoms with Crippen molar-refractivity contribution in [2.24, 2.45) is 4.99 Å². The molecule has 3 unspecified atom stereocenters. The smallest absolute Gasteiger partial charge is 0.326 e. The fourth-order valence-electron chi connectivity index (χ4n) is 6.80. The van der Waals surface area contributed by atoms with Gasteiger partial charge < -0.3 is 24.6 Å². The molecule has 0 saturated carbocycles. The molecular formula is C38H45Cl2N7O7S. The molecule has 294 valence electrons. The van der Waals surface area contributed by atoms with Crippen LogP contribution < -0.4 is 14.8 Å². The quantitative estimate of drug-likeness (QED) is 0.279. The third-order valence-corrected chi connectivity index (χ3v) is 11.8. The molecule has 0 spiro atoms. The first kappa shape index (κ1) is 40.4. The summed E-state index contributed by atoms with van der Waals surface area (Å²) >= 11 is 12.6. The summed E-state index contributed by atoms with van der Waals surface area (Å²) in [6.45, 7) is 6.30.